The van der Waals surface area contributed by atoms with E-state index >= 15 is 0 Å². The number of halogens is 3. The first kappa shape index (κ1) is 18.9. The molecule has 2 aromatic carbocycles. The molecule has 1 heterocycles. The van der Waals surface area contributed by atoms with E-state index in [2.05, 4.69) is 26.1 Å². The van der Waals surface area contributed by atoms with Gasteiger partial charge in [-0.05, 0) is 61.0 Å². The van der Waals surface area contributed by atoms with E-state index in [1.807, 2.05) is 24.3 Å². The Hall–Kier alpha value is -0.850. The summed E-state index contributed by atoms with van der Waals surface area (Å²) in [7, 11) is 0. The molecule has 3 nitrogen and oxygen atoms in total. The van der Waals surface area contributed by atoms with Gasteiger partial charge < -0.3 is 15.3 Å². The third-order valence-corrected chi connectivity index (χ3v) is 5.70. The first-order valence-electron chi connectivity index (χ1n) is 7.86. The fourth-order valence-electron chi connectivity index (χ4n) is 2.96. The summed E-state index contributed by atoms with van der Waals surface area (Å²) in [4.78, 5) is 2.05. The minimum absolute atomic E-state index is 0.557. The van der Waals surface area contributed by atoms with Gasteiger partial charge in [0, 0.05) is 33.3 Å². The van der Waals surface area contributed by atoms with Crippen molar-refractivity contribution >= 4 is 62.1 Å². The number of anilines is 1. The van der Waals surface area contributed by atoms with E-state index in [-0.39, 0.29) is 0 Å². The summed E-state index contributed by atoms with van der Waals surface area (Å²) in [5.41, 5.74) is 0.888. The highest BCUT2D eigenvalue weighted by Gasteiger charge is 2.34. The summed E-state index contributed by atoms with van der Waals surface area (Å²) in [6.45, 7) is 1.35. The average Bonchev–Trinajstić information content (AvgIpc) is 2.55. The van der Waals surface area contributed by atoms with Crippen LogP contribution < -0.4 is 5.32 Å². The van der Waals surface area contributed by atoms with Gasteiger partial charge in [-0.1, -0.05) is 51.3 Å². The van der Waals surface area contributed by atoms with Crippen LogP contribution in [0.5, 0.6) is 0 Å². The Morgan fingerprint density at radius 3 is 2.20 bits per heavy atom. The number of thiocarbonyl (C=S) groups is 1. The Bertz CT molecular complexity index is 757. The number of hydrogen-bond acceptors (Lipinski definition) is 2. The molecule has 2 N–H and O–H groups in total. The lowest BCUT2D eigenvalue weighted by Crippen LogP contribution is -2.46. The first-order chi connectivity index (χ1) is 11.9. The quantitative estimate of drug-likeness (QED) is 0.586. The van der Waals surface area contributed by atoms with Crippen molar-refractivity contribution < 1.29 is 5.11 Å². The van der Waals surface area contributed by atoms with E-state index in [4.69, 9.17) is 35.4 Å². The zero-order valence-corrected chi connectivity index (χ0v) is 17.2. The standard InChI is InChI=1S/C18H17BrCl2N2OS/c19-13-3-1-12(2-4-13)18(24)5-7-23(8-6-18)17(25)22-16-10-14(20)9-15(21)11-16/h1-4,9-11,24H,5-8H2,(H,22,25). The molecule has 0 spiro atoms. The van der Waals surface area contributed by atoms with Crippen LogP contribution in [0.15, 0.2) is 46.9 Å². The minimum Gasteiger partial charge on any atom is -0.385 e. The van der Waals surface area contributed by atoms with Gasteiger partial charge in [0.2, 0.25) is 0 Å². The lowest BCUT2D eigenvalue weighted by Gasteiger charge is -2.39. The Morgan fingerprint density at radius 2 is 1.64 bits per heavy atom. The van der Waals surface area contributed by atoms with Crippen molar-refractivity contribution in [1.29, 1.82) is 0 Å². The number of benzene rings is 2. The maximum absolute atomic E-state index is 11.0. The Labute approximate surface area is 171 Å². The average molecular weight is 460 g/mol. The van der Waals surface area contributed by atoms with Gasteiger partial charge in [-0.3, -0.25) is 0 Å². The van der Waals surface area contributed by atoms with E-state index in [9.17, 15) is 5.11 Å². The molecule has 0 amide bonds. The maximum Gasteiger partial charge on any atom is 0.173 e. The van der Waals surface area contributed by atoms with Crippen LogP contribution in [-0.2, 0) is 5.60 Å². The van der Waals surface area contributed by atoms with E-state index in [0.717, 1.165) is 15.7 Å². The summed E-state index contributed by atoms with van der Waals surface area (Å²) in [5, 5.41) is 15.8. The van der Waals surface area contributed by atoms with Crippen LogP contribution >= 0.6 is 51.3 Å². The van der Waals surface area contributed by atoms with Gasteiger partial charge in [0.25, 0.3) is 0 Å². The molecule has 1 fully saturated rings. The number of aliphatic hydroxyl groups is 1. The largest absolute Gasteiger partial charge is 0.385 e. The van der Waals surface area contributed by atoms with E-state index in [0.29, 0.717) is 41.1 Å². The number of rotatable bonds is 2. The maximum atomic E-state index is 11.0. The van der Waals surface area contributed by atoms with Crippen molar-refractivity contribution in [2.75, 3.05) is 18.4 Å². The summed E-state index contributed by atoms with van der Waals surface area (Å²) in [5.74, 6) is 0. The molecule has 0 unspecified atom stereocenters. The molecule has 7 heteroatoms. The smallest absolute Gasteiger partial charge is 0.173 e. The number of likely N-dealkylation sites (tertiary alicyclic amines) is 1. The highest BCUT2D eigenvalue weighted by Crippen LogP contribution is 2.33. The lowest BCUT2D eigenvalue weighted by atomic mass is 9.84. The molecule has 0 aromatic heterocycles. The summed E-state index contributed by atoms with van der Waals surface area (Å²) in [6, 6.07) is 13.1. The summed E-state index contributed by atoms with van der Waals surface area (Å²) >= 11 is 21.0. The van der Waals surface area contributed by atoms with Crippen molar-refractivity contribution in [2.45, 2.75) is 18.4 Å². The van der Waals surface area contributed by atoms with Gasteiger partial charge >= 0.3 is 0 Å². The van der Waals surface area contributed by atoms with Crippen LogP contribution in [0.25, 0.3) is 0 Å². The second kappa shape index (κ2) is 7.80. The second-order valence-electron chi connectivity index (χ2n) is 6.11. The second-order valence-corrected chi connectivity index (χ2v) is 8.29. The molecule has 2 aromatic rings. The van der Waals surface area contributed by atoms with Gasteiger partial charge in [0.1, 0.15) is 0 Å². The number of hydrogen-bond donors (Lipinski definition) is 2. The molecule has 25 heavy (non-hydrogen) atoms. The molecule has 0 saturated carbocycles. The number of nitrogens with one attached hydrogen (secondary N) is 1. The molecular weight excluding hydrogens is 443 g/mol. The van der Waals surface area contributed by atoms with Gasteiger partial charge in [-0.15, -0.1) is 0 Å². The minimum atomic E-state index is -0.813. The van der Waals surface area contributed by atoms with E-state index in [1.54, 1.807) is 18.2 Å². The number of nitrogens with zero attached hydrogens (tertiary/aromatic N) is 1. The van der Waals surface area contributed by atoms with Crippen LogP contribution in [0.3, 0.4) is 0 Å². The molecule has 0 atom stereocenters. The van der Waals surface area contributed by atoms with Crippen molar-refractivity contribution in [3.05, 3.63) is 62.5 Å². The van der Waals surface area contributed by atoms with Crippen LogP contribution in [0.1, 0.15) is 18.4 Å². The van der Waals surface area contributed by atoms with Gasteiger partial charge in [-0.25, -0.2) is 0 Å². The Morgan fingerprint density at radius 1 is 1.08 bits per heavy atom. The predicted molar refractivity (Wildman–Crippen MR) is 112 cm³/mol. The molecule has 0 bridgehead atoms. The third-order valence-electron chi connectivity index (χ3n) is 4.37. The molecule has 1 aliphatic rings. The fraction of sp³-hybridized carbons (Fsp3) is 0.278. The van der Waals surface area contributed by atoms with E-state index in [1.165, 1.54) is 0 Å². The zero-order valence-electron chi connectivity index (χ0n) is 13.3. The molecule has 1 aliphatic heterocycles. The van der Waals surface area contributed by atoms with Crippen LogP contribution in [-0.4, -0.2) is 28.2 Å². The molecule has 3 rings (SSSR count). The Balaban J connectivity index is 1.63. The monoisotopic (exact) mass is 458 g/mol. The van der Waals surface area contributed by atoms with Crippen molar-refractivity contribution in [2.24, 2.45) is 0 Å². The van der Waals surface area contributed by atoms with E-state index < -0.39 is 5.60 Å². The molecular formula is C18H17BrCl2N2OS. The topological polar surface area (TPSA) is 35.5 Å². The predicted octanol–water partition coefficient (Wildman–Crippen LogP) is 5.44. The van der Waals surface area contributed by atoms with Crippen molar-refractivity contribution in [1.82, 2.24) is 4.90 Å². The molecule has 132 valence electrons. The first-order valence-corrected chi connectivity index (χ1v) is 9.82. The number of piperidine rings is 1. The SMILES string of the molecule is OC1(c2ccc(Br)cc2)CCN(C(=S)Nc2cc(Cl)cc(Cl)c2)CC1. The van der Waals surface area contributed by atoms with Gasteiger partial charge in [0.15, 0.2) is 5.11 Å². The van der Waals surface area contributed by atoms with Crippen LogP contribution in [0, 0.1) is 0 Å². The third kappa shape index (κ3) is 4.66. The van der Waals surface area contributed by atoms with Gasteiger partial charge in [0.05, 0.1) is 5.60 Å². The fourth-order valence-corrected chi connectivity index (χ4v) is 4.05. The molecule has 0 radical (unpaired) electrons. The van der Waals surface area contributed by atoms with Gasteiger partial charge in [-0.2, -0.15) is 0 Å². The molecule has 0 aliphatic carbocycles. The normalized spacial score (nSPS) is 16.6. The summed E-state index contributed by atoms with van der Waals surface area (Å²) < 4.78 is 1.00. The highest BCUT2D eigenvalue weighted by atomic mass is 79.9. The van der Waals surface area contributed by atoms with Crippen molar-refractivity contribution in [3.8, 4) is 0 Å². The zero-order chi connectivity index (χ0) is 18.0. The van der Waals surface area contributed by atoms with Crippen LogP contribution in [0.2, 0.25) is 10.0 Å². The lowest BCUT2D eigenvalue weighted by molar-refractivity contribution is -0.0117. The van der Waals surface area contributed by atoms with Crippen LogP contribution in [0.4, 0.5) is 5.69 Å². The highest BCUT2D eigenvalue weighted by molar-refractivity contribution is 9.10. The Kier molecular flexibility index (Phi) is 5.91. The molecule has 1 saturated heterocycles. The van der Waals surface area contributed by atoms with Crippen molar-refractivity contribution in [3.63, 3.8) is 0 Å². The summed E-state index contributed by atoms with van der Waals surface area (Å²) in [6.07, 6.45) is 1.24.